The van der Waals surface area contributed by atoms with Gasteiger partial charge in [0, 0.05) is 56.8 Å². The van der Waals surface area contributed by atoms with Crippen molar-refractivity contribution < 1.29 is 9.18 Å². The third kappa shape index (κ3) is 3.77. The van der Waals surface area contributed by atoms with Crippen LogP contribution in [-0.4, -0.2) is 46.8 Å². The highest BCUT2D eigenvalue weighted by molar-refractivity contribution is 5.91. The molecule has 3 rings (SSSR count). The molecule has 2 aromatic rings. The molecule has 0 bridgehead atoms. The maximum atomic E-state index is 13.0. The van der Waals surface area contributed by atoms with Crippen molar-refractivity contribution in [1.29, 1.82) is 0 Å². The van der Waals surface area contributed by atoms with Crippen LogP contribution >= 0.6 is 0 Å². The summed E-state index contributed by atoms with van der Waals surface area (Å²) in [7, 11) is 1.84. The molecule has 0 saturated carbocycles. The Morgan fingerprint density at radius 2 is 1.87 bits per heavy atom. The number of halogens is 1. The van der Waals surface area contributed by atoms with Gasteiger partial charge in [0.25, 0.3) is 0 Å². The van der Waals surface area contributed by atoms with Crippen molar-refractivity contribution in [2.45, 2.75) is 0 Å². The van der Waals surface area contributed by atoms with E-state index in [0.29, 0.717) is 13.1 Å². The summed E-state index contributed by atoms with van der Waals surface area (Å²) in [4.78, 5) is 16.2. The Hall–Kier alpha value is -2.63. The number of aromatic nitrogens is 2. The number of hydrogen-bond donors (Lipinski definition) is 0. The summed E-state index contributed by atoms with van der Waals surface area (Å²) < 4.78 is 14.7. The molecule has 5 nitrogen and oxygen atoms in total. The van der Waals surface area contributed by atoms with Crippen LogP contribution in [0.5, 0.6) is 0 Å². The molecule has 23 heavy (non-hydrogen) atoms. The van der Waals surface area contributed by atoms with E-state index in [1.165, 1.54) is 12.1 Å². The van der Waals surface area contributed by atoms with Crippen molar-refractivity contribution in [2.24, 2.45) is 7.05 Å². The molecule has 0 unspecified atom stereocenters. The first-order valence-corrected chi connectivity index (χ1v) is 7.58. The van der Waals surface area contributed by atoms with E-state index in [9.17, 15) is 9.18 Å². The van der Waals surface area contributed by atoms with Gasteiger partial charge in [-0.25, -0.2) is 4.39 Å². The fourth-order valence-corrected chi connectivity index (χ4v) is 2.64. The first-order valence-electron chi connectivity index (χ1n) is 7.58. The topological polar surface area (TPSA) is 41.4 Å². The fraction of sp³-hybridized carbons (Fsp3) is 0.294. The summed E-state index contributed by atoms with van der Waals surface area (Å²) in [6.07, 6.45) is 6.94. The summed E-state index contributed by atoms with van der Waals surface area (Å²) >= 11 is 0. The van der Waals surface area contributed by atoms with E-state index < -0.39 is 0 Å². The molecule has 1 aromatic carbocycles. The second-order valence-corrected chi connectivity index (χ2v) is 5.57. The Labute approximate surface area is 134 Å². The van der Waals surface area contributed by atoms with Crippen molar-refractivity contribution in [1.82, 2.24) is 14.7 Å². The molecular weight excluding hydrogens is 295 g/mol. The molecule has 0 atom stereocenters. The predicted octanol–water partition coefficient (Wildman–Crippen LogP) is 1.92. The van der Waals surface area contributed by atoms with Gasteiger partial charge in [0.2, 0.25) is 5.91 Å². The third-order valence-electron chi connectivity index (χ3n) is 3.93. The highest BCUT2D eigenvalue weighted by Gasteiger charge is 2.19. The van der Waals surface area contributed by atoms with E-state index in [0.717, 1.165) is 24.3 Å². The minimum atomic E-state index is -0.233. The number of benzene rings is 1. The molecule has 2 heterocycles. The molecule has 6 heteroatoms. The van der Waals surface area contributed by atoms with E-state index in [2.05, 4.69) is 10.00 Å². The number of anilines is 1. The average Bonchev–Trinajstić information content (AvgIpc) is 2.99. The first kappa shape index (κ1) is 15.3. The van der Waals surface area contributed by atoms with Gasteiger partial charge >= 0.3 is 0 Å². The highest BCUT2D eigenvalue weighted by Crippen LogP contribution is 2.17. The average molecular weight is 314 g/mol. The Balaban J connectivity index is 1.55. The van der Waals surface area contributed by atoms with Gasteiger partial charge in [-0.2, -0.15) is 5.10 Å². The standard InChI is InChI=1S/C17H19FN4O/c1-20-13-14(12-19-20)2-7-17(23)22-10-8-21(9-11-22)16-5-3-15(18)4-6-16/h2-7,12-13H,8-11H2,1H3/b7-2+. The number of rotatable bonds is 3. The van der Waals surface area contributed by atoms with Crippen LogP contribution in [0.2, 0.25) is 0 Å². The summed E-state index contributed by atoms with van der Waals surface area (Å²) in [6.45, 7) is 2.82. The Morgan fingerprint density at radius 1 is 1.17 bits per heavy atom. The van der Waals surface area contributed by atoms with Crippen LogP contribution in [0.25, 0.3) is 6.08 Å². The lowest BCUT2D eigenvalue weighted by molar-refractivity contribution is -0.126. The van der Waals surface area contributed by atoms with Crippen LogP contribution in [0.15, 0.2) is 42.7 Å². The number of hydrogen-bond acceptors (Lipinski definition) is 3. The number of nitrogens with zero attached hydrogens (tertiary/aromatic N) is 4. The summed E-state index contributed by atoms with van der Waals surface area (Å²) in [5.41, 5.74) is 1.90. The predicted molar refractivity (Wildman–Crippen MR) is 87.4 cm³/mol. The molecule has 1 aliphatic heterocycles. The molecule has 120 valence electrons. The second-order valence-electron chi connectivity index (χ2n) is 5.57. The molecular formula is C17H19FN4O. The SMILES string of the molecule is Cn1cc(/C=C/C(=O)N2CCN(c3ccc(F)cc3)CC2)cn1. The van der Waals surface area contributed by atoms with E-state index in [1.807, 2.05) is 18.1 Å². The van der Waals surface area contributed by atoms with Gasteiger partial charge in [-0.1, -0.05) is 0 Å². The molecule has 0 N–H and O–H groups in total. The van der Waals surface area contributed by atoms with Gasteiger partial charge in [0.15, 0.2) is 0 Å². The largest absolute Gasteiger partial charge is 0.368 e. The molecule has 1 amide bonds. The maximum Gasteiger partial charge on any atom is 0.246 e. The van der Waals surface area contributed by atoms with Gasteiger partial charge < -0.3 is 9.80 Å². The molecule has 1 saturated heterocycles. The lowest BCUT2D eigenvalue weighted by Crippen LogP contribution is -2.48. The summed E-state index contributed by atoms with van der Waals surface area (Å²) in [5.74, 6) is -0.226. The number of amides is 1. The van der Waals surface area contributed by atoms with Crippen LogP contribution in [-0.2, 0) is 11.8 Å². The lowest BCUT2D eigenvalue weighted by atomic mass is 10.2. The Bertz CT molecular complexity index is 700. The van der Waals surface area contributed by atoms with Gasteiger partial charge in [-0.05, 0) is 30.3 Å². The highest BCUT2D eigenvalue weighted by atomic mass is 19.1. The molecule has 0 aliphatic carbocycles. The molecule has 0 radical (unpaired) electrons. The van der Waals surface area contributed by atoms with Gasteiger partial charge in [-0.15, -0.1) is 0 Å². The zero-order valence-corrected chi connectivity index (χ0v) is 13.0. The zero-order valence-electron chi connectivity index (χ0n) is 13.0. The second kappa shape index (κ2) is 6.64. The Kier molecular flexibility index (Phi) is 4.41. The van der Waals surface area contributed by atoms with E-state index in [4.69, 9.17) is 0 Å². The van der Waals surface area contributed by atoms with E-state index in [-0.39, 0.29) is 11.7 Å². The molecule has 1 aliphatic rings. The van der Waals surface area contributed by atoms with Crippen LogP contribution in [0.1, 0.15) is 5.56 Å². The maximum absolute atomic E-state index is 13.0. The van der Waals surface area contributed by atoms with Crippen LogP contribution in [0, 0.1) is 5.82 Å². The van der Waals surface area contributed by atoms with Crippen molar-refractivity contribution in [3.63, 3.8) is 0 Å². The Morgan fingerprint density at radius 3 is 2.48 bits per heavy atom. The summed E-state index contributed by atoms with van der Waals surface area (Å²) in [6, 6.07) is 6.47. The number of piperazine rings is 1. The quantitative estimate of drug-likeness (QED) is 0.813. The van der Waals surface area contributed by atoms with Crippen molar-refractivity contribution in [3.8, 4) is 0 Å². The van der Waals surface area contributed by atoms with Gasteiger partial charge in [0.05, 0.1) is 6.20 Å². The van der Waals surface area contributed by atoms with E-state index >= 15 is 0 Å². The first-order chi connectivity index (χ1) is 11.1. The molecule has 1 aromatic heterocycles. The third-order valence-corrected chi connectivity index (χ3v) is 3.93. The van der Waals surface area contributed by atoms with Gasteiger partial charge in [-0.3, -0.25) is 9.48 Å². The van der Waals surface area contributed by atoms with Crippen LogP contribution in [0.4, 0.5) is 10.1 Å². The number of aryl methyl sites for hydroxylation is 1. The fourth-order valence-electron chi connectivity index (χ4n) is 2.64. The van der Waals surface area contributed by atoms with Crippen LogP contribution in [0.3, 0.4) is 0 Å². The van der Waals surface area contributed by atoms with Crippen molar-refractivity contribution >= 4 is 17.7 Å². The monoisotopic (exact) mass is 314 g/mol. The molecule has 1 fully saturated rings. The normalized spacial score (nSPS) is 15.4. The van der Waals surface area contributed by atoms with Crippen molar-refractivity contribution in [3.05, 3.63) is 54.1 Å². The molecule has 0 spiro atoms. The van der Waals surface area contributed by atoms with Gasteiger partial charge in [0.1, 0.15) is 5.82 Å². The zero-order chi connectivity index (χ0) is 16.2. The van der Waals surface area contributed by atoms with E-state index in [1.54, 1.807) is 35.2 Å². The minimum absolute atomic E-state index is 0.00705. The summed E-state index contributed by atoms with van der Waals surface area (Å²) in [5, 5.41) is 4.06. The van der Waals surface area contributed by atoms with Crippen LogP contribution < -0.4 is 4.90 Å². The van der Waals surface area contributed by atoms with Crippen molar-refractivity contribution in [2.75, 3.05) is 31.1 Å². The lowest BCUT2D eigenvalue weighted by Gasteiger charge is -2.35. The number of carbonyl (C=O) groups excluding carboxylic acids is 1. The number of carbonyl (C=O) groups is 1. The smallest absolute Gasteiger partial charge is 0.246 e. The minimum Gasteiger partial charge on any atom is -0.368 e.